The van der Waals surface area contributed by atoms with E-state index in [4.69, 9.17) is 14.7 Å². The topological polar surface area (TPSA) is 42.2 Å². The van der Waals surface area contributed by atoms with Gasteiger partial charge in [0.1, 0.15) is 0 Å². The molecule has 1 aromatic rings. The van der Waals surface area contributed by atoms with E-state index in [1.807, 2.05) is 12.1 Å². The van der Waals surface area contributed by atoms with Crippen molar-refractivity contribution < 1.29 is 9.47 Å². The summed E-state index contributed by atoms with van der Waals surface area (Å²) < 4.78 is 11.4. The molecule has 0 bridgehead atoms. The van der Waals surface area contributed by atoms with Crippen molar-refractivity contribution in [2.45, 2.75) is 57.5 Å². The number of hydrogen-bond acceptors (Lipinski definition) is 3. The standard InChI is InChI=1S/C19H27NO2/c1-2-3-12-21-13-14-22-19-10-8-18(9-11-19)17-6-4-16(15-20)5-7-17/h4-7,18-19H,2-3,8-14H2,1H3. The predicted octanol–water partition coefficient (Wildman–Crippen LogP) is 4.42. The molecule has 2 rings (SSSR count). The Hall–Kier alpha value is -1.37. The van der Waals surface area contributed by atoms with E-state index in [2.05, 4.69) is 25.1 Å². The van der Waals surface area contributed by atoms with Gasteiger partial charge in [0.05, 0.1) is 31.0 Å². The van der Waals surface area contributed by atoms with Crippen LogP contribution in [0, 0.1) is 11.3 Å². The highest BCUT2D eigenvalue weighted by Gasteiger charge is 2.22. The zero-order valence-electron chi connectivity index (χ0n) is 13.6. The monoisotopic (exact) mass is 301 g/mol. The molecule has 0 saturated heterocycles. The number of benzene rings is 1. The molecular formula is C19H27NO2. The minimum atomic E-state index is 0.393. The van der Waals surface area contributed by atoms with Gasteiger partial charge >= 0.3 is 0 Å². The second kappa shape index (κ2) is 9.61. The van der Waals surface area contributed by atoms with Crippen molar-refractivity contribution >= 4 is 0 Å². The molecule has 120 valence electrons. The second-order valence-electron chi connectivity index (χ2n) is 6.04. The Morgan fingerprint density at radius 2 is 1.77 bits per heavy atom. The average Bonchev–Trinajstić information content (AvgIpc) is 2.59. The van der Waals surface area contributed by atoms with Crippen molar-refractivity contribution in [1.29, 1.82) is 5.26 Å². The van der Waals surface area contributed by atoms with Crippen molar-refractivity contribution in [2.24, 2.45) is 0 Å². The zero-order valence-corrected chi connectivity index (χ0v) is 13.6. The molecule has 1 fully saturated rings. The Labute approximate surface area is 134 Å². The van der Waals surface area contributed by atoms with Crippen LogP contribution in [0.1, 0.15) is 62.5 Å². The summed E-state index contributed by atoms with van der Waals surface area (Å²) >= 11 is 0. The fourth-order valence-corrected chi connectivity index (χ4v) is 3.01. The molecule has 1 aromatic carbocycles. The van der Waals surface area contributed by atoms with E-state index in [0.717, 1.165) is 44.6 Å². The van der Waals surface area contributed by atoms with Gasteiger partial charge in [0.25, 0.3) is 0 Å². The number of nitrogens with zero attached hydrogens (tertiary/aromatic N) is 1. The number of nitriles is 1. The van der Waals surface area contributed by atoms with E-state index in [0.29, 0.717) is 12.0 Å². The highest BCUT2D eigenvalue weighted by Crippen LogP contribution is 2.34. The first-order valence-electron chi connectivity index (χ1n) is 8.53. The fraction of sp³-hybridized carbons (Fsp3) is 0.632. The molecule has 0 aliphatic heterocycles. The number of unbranched alkanes of at least 4 members (excludes halogenated alkanes) is 1. The van der Waals surface area contributed by atoms with Crippen molar-refractivity contribution in [3.63, 3.8) is 0 Å². The highest BCUT2D eigenvalue weighted by atomic mass is 16.5. The lowest BCUT2D eigenvalue weighted by molar-refractivity contribution is -0.0127. The van der Waals surface area contributed by atoms with Crippen molar-refractivity contribution in [3.05, 3.63) is 35.4 Å². The van der Waals surface area contributed by atoms with E-state index in [1.54, 1.807) is 0 Å². The molecule has 1 aliphatic rings. The van der Waals surface area contributed by atoms with Gasteiger partial charge in [-0.2, -0.15) is 5.26 Å². The van der Waals surface area contributed by atoms with Crippen LogP contribution in [0.4, 0.5) is 0 Å². The Morgan fingerprint density at radius 3 is 2.41 bits per heavy atom. The summed E-state index contributed by atoms with van der Waals surface area (Å²) in [5, 5.41) is 8.85. The molecule has 0 amide bonds. The number of rotatable bonds is 8. The molecule has 1 saturated carbocycles. The minimum absolute atomic E-state index is 0.393. The molecule has 22 heavy (non-hydrogen) atoms. The summed E-state index contributed by atoms with van der Waals surface area (Å²) in [7, 11) is 0. The van der Waals surface area contributed by atoms with Crippen molar-refractivity contribution in [1.82, 2.24) is 0 Å². The van der Waals surface area contributed by atoms with E-state index >= 15 is 0 Å². The number of ether oxygens (including phenoxy) is 2. The second-order valence-corrected chi connectivity index (χ2v) is 6.04. The third-order valence-corrected chi connectivity index (χ3v) is 4.41. The van der Waals surface area contributed by atoms with Crippen LogP contribution in [0.3, 0.4) is 0 Å². The van der Waals surface area contributed by atoms with Gasteiger partial charge in [-0.15, -0.1) is 0 Å². The molecule has 1 aliphatic carbocycles. The Kier molecular flexibility index (Phi) is 7.42. The summed E-state index contributed by atoms with van der Waals surface area (Å²) in [6, 6.07) is 10.2. The van der Waals surface area contributed by atoms with Crippen LogP contribution >= 0.6 is 0 Å². The maximum Gasteiger partial charge on any atom is 0.0991 e. The quantitative estimate of drug-likeness (QED) is 0.668. The lowest BCUT2D eigenvalue weighted by Gasteiger charge is -2.28. The van der Waals surface area contributed by atoms with Gasteiger partial charge in [0.15, 0.2) is 0 Å². The number of hydrogen-bond donors (Lipinski definition) is 0. The molecule has 0 N–H and O–H groups in total. The van der Waals surface area contributed by atoms with E-state index < -0.39 is 0 Å². The van der Waals surface area contributed by atoms with Gasteiger partial charge in [0.2, 0.25) is 0 Å². The summed E-state index contributed by atoms with van der Waals surface area (Å²) in [5.74, 6) is 0.619. The van der Waals surface area contributed by atoms with Crippen LogP contribution in [0.15, 0.2) is 24.3 Å². The van der Waals surface area contributed by atoms with Gasteiger partial charge in [-0.25, -0.2) is 0 Å². The van der Waals surface area contributed by atoms with Gasteiger partial charge < -0.3 is 9.47 Å². The molecule has 0 unspecified atom stereocenters. The van der Waals surface area contributed by atoms with Crippen LogP contribution < -0.4 is 0 Å². The first-order chi connectivity index (χ1) is 10.8. The van der Waals surface area contributed by atoms with Crippen LogP contribution in [0.2, 0.25) is 0 Å². The van der Waals surface area contributed by atoms with E-state index in [9.17, 15) is 0 Å². The zero-order chi connectivity index (χ0) is 15.6. The maximum atomic E-state index is 8.85. The minimum Gasteiger partial charge on any atom is -0.379 e. The molecule has 0 heterocycles. The van der Waals surface area contributed by atoms with E-state index in [-0.39, 0.29) is 0 Å². The van der Waals surface area contributed by atoms with Crippen LogP contribution in [0.5, 0.6) is 0 Å². The lowest BCUT2D eigenvalue weighted by atomic mass is 9.82. The smallest absolute Gasteiger partial charge is 0.0991 e. The lowest BCUT2D eigenvalue weighted by Crippen LogP contribution is -2.22. The van der Waals surface area contributed by atoms with Gasteiger partial charge in [-0.1, -0.05) is 25.5 Å². The van der Waals surface area contributed by atoms with Crippen LogP contribution in [-0.4, -0.2) is 25.9 Å². The molecule has 0 spiro atoms. The highest BCUT2D eigenvalue weighted by molar-refractivity contribution is 5.33. The third-order valence-electron chi connectivity index (χ3n) is 4.41. The average molecular weight is 301 g/mol. The summed E-state index contributed by atoms with van der Waals surface area (Å²) in [5.41, 5.74) is 2.10. The van der Waals surface area contributed by atoms with Crippen molar-refractivity contribution in [2.75, 3.05) is 19.8 Å². The summed E-state index contributed by atoms with van der Waals surface area (Å²) in [4.78, 5) is 0. The van der Waals surface area contributed by atoms with Gasteiger partial charge in [-0.3, -0.25) is 0 Å². The SMILES string of the molecule is CCCCOCCOC1CCC(c2ccc(C#N)cc2)CC1. The fourth-order valence-electron chi connectivity index (χ4n) is 3.01. The Morgan fingerprint density at radius 1 is 1.05 bits per heavy atom. The molecule has 0 radical (unpaired) electrons. The third kappa shape index (κ3) is 5.44. The first kappa shape index (κ1) is 17.0. The predicted molar refractivity (Wildman–Crippen MR) is 87.8 cm³/mol. The van der Waals surface area contributed by atoms with Crippen LogP contribution in [-0.2, 0) is 9.47 Å². The van der Waals surface area contributed by atoms with Gasteiger partial charge in [-0.05, 0) is 55.7 Å². The van der Waals surface area contributed by atoms with Crippen molar-refractivity contribution in [3.8, 4) is 6.07 Å². The molecule has 0 aromatic heterocycles. The summed E-state index contributed by atoms with van der Waals surface area (Å²) in [6.07, 6.45) is 7.31. The molecule has 3 heteroatoms. The Bertz CT molecular complexity index is 455. The van der Waals surface area contributed by atoms with Gasteiger partial charge in [0, 0.05) is 6.61 Å². The molecular weight excluding hydrogens is 274 g/mol. The van der Waals surface area contributed by atoms with Crippen LogP contribution in [0.25, 0.3) is 0 Å². The largest absolute Gasteiger partial charge is 0.379 e. The Balaban J connectivity index is 1.64. The van der Waals surface area contributed by atoms with E-state index in [1.165, 1.54) is 24.8 Å². The normalized spacial score (nSPS) is 21.5. The first-order valence-corrected chi connectivity index (χ1v) is 8.53. The maximum absolute atomic E-state index is 8.85. The summed E-state index contributed by atoms with van der Waals surface area (Å²) in [6.45, 7) is 4.46. The molecule has 3 nitrogen and oxygen atoms in total. The molecule has 0 atom stereocenters.